The van der Waals surface area contributed by atoms with Crippen LogP contribution in [0.5, 0.6) is 0 Å². The molecule has 0 bridgehead atoms. The number of hydrogen-bond donors (Lipinski definition) is 0. The second kappa shape index (κ2) is 7.19. The minimum atomic E-state index is -0.558. The van der Waals surface area contributed by atoms with Crippen molar-refractivity contribution in [3.63, 3.8) is 0 Å². The molecule has 1 atom stereocenters. The second-order valence-electron chi connectivity index (χ2n) is 8.44. The van der Waals surface area contributed by atoms with Crippen LogP contribution in [0.15, 0.2) is 36.7 Å². The molecule has 0 saturated carbocycles. The molecule has 1 unspecified atom stereocenters. The number of rotatable bonds is 5. The molecular weight excluding hydrogens is 323 g/mol. The first-order valence-corrected chi connectivity index (χ1v) is 8.56. The number of benzene rings is 1. The Morgan fingerprint density at radius 2 is 1.44 bits per heavy atom. The predicted molar refractivity (Wildman–Crippen MR) is 95.0 cm³/mol. The Balaban J connectivity index is 2.26. The van der Waals surface area contributed by atoms with Gasteiger partial charge < -0.3 is 0 Å². The van der Waals surface area contributed by atoms with E-state index in [1.165, 1.54) is 24.4 Å². The molecule has 0 amide bonds. The average Bonchev–Trinajstić information content (AvgIpc) is 2.44. The van der Waals surface area contributed by atoms with Gasteiger partial charge in [0.1, 0.15) is 17.5 Å². The van der Waals surface area contributed by atoms with Crippen LogP contribution in [0.2, 0.25) is 0 Å². The highest BCUT2D eigenvalue weighted by Crippen LogP contribution is 2.42. The van der Waals surface area contributed by atoms with Crippen molar-refractivity contribution in [2.45, 2.75) is 58.8 Å². The van der Waals surface area contributed by atoms with Crippen LogP contribution in [0.3, 0.4) is 0 Å². The average molecular weight is 349 g/mol. The molecule has 2 aromatic rings. The van der Waals surface area contributed by atoms with E-state index in [2.05, 4.69) is 25.8 Å². The maximum absolute atomic E-state index is 13.7. The number of aromatic nitrogens is 1. The van der Waals surface area contributed by atoms with Gasteiger partial charge in [0.05, 0.1) is 6.20 Å². The van der Waals surface area contributed by atoms with Crippen molar-refractivity contribution in [1.82, 2.24) is 4.98 Å². The number of hydrogen-bond acceptors (Lipinski definition) is 1. The van der Waals surface area contributed by atoms with Gasteiger partial charge in [-0.3, -0.25) is 4.98 Å². The van der Waals surface area contributed by atoms with Crippen LogP contribution in [-0.4, -0.2) is 4.98 Å². The summed E-state index contributed by atoms with van der Waals surface area (Å²) >= 11 is 0. The van der Waals surface area contributed by atoms with Gasteiger partial charge in [-0.05, 0) is 58.9 Å². The van der Waals surface area contributed by atoms with Crippen LogP contribution in [0.4, 0.5) is 13.2 Å². The standard InChI is InChI=1S/C21H26F3N/c1-20(2,3)19(14-8-16(22)11-17(23)9-14)6-7-21(4,5)15-10-18(24)13-25-12-15/h8-13,19H,6-7H2,1-5H3. The zero-order chi connectivity index (χ0) is 18.8. The molecule has 25 heavy (non-hydrogen) atoms. The van der Waals surface area contributed by atoms with E-state index < -0.39 is 11.6 Å². The summed E-state index contributed by atoms with van der Waals surface area (Å²) in [5, 5.41) is 0. The highest BCUT2D eigenvalue weighted by Gasteiger charge is 2.30. The fourth-order valence-corrected chi connectivity index (χ4v) is 3.31. The number of pyridine rings is 1. The molecule has 0 aliphatic rings. The van der Waals surface area contributed by atoms with E-state index in [-0.39, 0.29) is 22.6 Å². The van der Waals surface area contributed by atoms with E-state index in [0.29, 0.717) is 5.56 Å². The molecule has 136 valence electrons. The molecule has 0 fully saturated rings. The van der Waals surface area contributed by atoms with E-state index in [1.54, 1.807) is 6.20 Å². The Labute approximate surface area is 148 Å². The molecule has 1 nitrogen and oxygen atoms in total. The summed E-state index contributed by atoms with van der Waals surface area (Å²) in [6.45, 7) is 10.3. The van der Waals surface area contributed by atoms with Crippen LogP contribution >= 0.6 is 0 Å². The lowest BCUT2D eigenvalue weighted by Crippen LogP contribution is -2.24. The Kier molecular flexibility index (Phi) is 5.60. The largest absolute Gasteiger partial charge is 0.261 e. The Morgan fingerprint density at radius 1 is 0.840 bits per heavy atom. The van der Waals surface area contributed by atoms with Gasteiger partial charge >= 0.3 is 0 Å². The first-order chi connectivity index (χ1) is 11.5. The van der Waals surface area contributed by atoms with Crippen LogP contribution in [0, 0.1) is 22.9 Å². The highest BCUT2D eigenvalue weighted by molar-refractivity contribution is 5.25. The third kappa shape index (κ3) is 5.07. The Bertz CT molecular complexity index is 712. The Morgan fingerprint density at radius 3 is 1.96 bits per heavy atom. The Hall–Kier alpha value is -1.84. The van der Waals surface area contributed by atoms with Crippen molar-refractivity contribution in [2.24, 2.45) is 5.41 Å². The molecule has 1 heterocycles. The second-order valence-corrected chi connectivity index (χ2v) is 8.44. The normalized spacial score (nSPS) is 13.8. The van der Waals surface area contributed by atoms with Crippen LogP contribution in [-0.2, 0) is 5.41 Å². The quantitative estimate of drug-likeness (QED) is 0.610. The minimum Gasteiger partial charge on any atom is -0.261 e. The maximum atomic E-state index is 13.7. The monoisotopic (exact) mass is 349 g/mol. The fourth-order valence-electron chi connectivity index (χ4n) is 3.31. The topological polar surface area (TPSA) is 12.9 Å². The molecule has 0 radical (unpaired) electrons. The van der Waals surface area contributed by atoms with Crippen LogP contribution < -0.4 is 0 Å². The van der Waals surface area contributed by atoms with E-state index in [4.69, 9.17) is 0 Å². The third-order valence-electron chi connectivity index (χ3n) is 4.88. The molecule has 0 spiro atoms. The summed E-state index contributed by atoms with van der Waals surface area (Å²) in [4.78, 5) is 3.93. The lowest BCUT2D eigenvalue weighted by molar-refractivity contribution is 0.279. The van der Waals surface area contributed by atoms with Crippen molar-refractivity contribution in [2.75, 3.05) is 0 Å². The van der Waals surface area contributed by atoms with Gasteiger partial charge in [-0.2, -0.15) is 0 Å². The minimum absolute atomic E-state index is 0.0153. The van der Waals surface area contributed by atoms with Gasteiger partial charge in [0.2, 0.25) is 0 Å². The third-order valence-corrected chi connectivity index (χ3v) is 4.88. The smallest absolute Gasteiger partial charge is 0.141 e. The van der Waals surface area contributed by atoms with Gasteiger partial charge in [0.15, 0.2) is 0 Å². The molecule has 4 heteroatoms. The van der Waals surface area contributed by atoms with Crippen LogP contribution in [0.25, 0.3) is 0 Å². The van der Waals surface area contributed by atoms with Crippen molar-refractivity contribution in [1.29, 1.82) is 0 Å². The van der Waals surface area contributed by atoms with Gasteiger partial charge in [-0.15, -0.1) is 0 Å². The molecule has 0 saturated heterocycles. The van der Waals surface area contributed by atoms with E-state index in [0.717, 1.165) is 24.5 Å². The van der Waals surface area contributed by atoms with Crippen LogP contribution in [0.1, 0.15) is 64.5 Å². The van der Waals surface area contributed by atoms with E-state index >= 15 is 0 Å². The van der Waals surface area contributed by atoms with Gasteiger partial charge in [0.25, 0.3) is 0 Å². The summed E-state index contributed by atoms with van der Waals surface area (Å²) in [5.41, 5.74) is 1.05. The lowest BCUT2D eigenvalue weighted by Gasteiger charge is -2.34. The summed E-state index contributed by atoms with van der Waals surface area (Å²) in [6, 6.07) is 5.22. The van der Waals surface area contributed by atoms with Crippen molar-refractivity contribution in [3.05, 3.63) is 65.2 Å². The predicted octanol–water partition coefficient (Wildman–Crippen LogP) is 6.39. The number of nitrogens with zero attached hydrogens (tertiary/aromatic N) is 1. The molecule has 0 aliphatic heterocycles. The van der Waals surface area contributed by atoms with Gasteiger partial charge in [0, 0.05) is 12.3 Å². The zero-order valence-corrected chi connectivity index (χ0v) is 15.5. The summed E-state index contributed by atoms with van der Waals surface area (Å²) in [5.74, 6) is -1.49. The first-order valence-electron chi connectivity index (χ1n) is 8.56. The van der Waals surface area contributed by atoms with Crippen molar-refractivity contribution in [3.8, 4) is 0 Å². The molecule has 1 aromatic carbocycles. The van der Waals surface area contributed by atoms with Crippen molar-refractivity contribution >= 4 is 0 Å². The molecule has 0 N–H and O–H groups in total. The van der Waals surface area contributed by atoms with E-state index in [1.807, 2.05) is 13.8 Å². The lowest BCUT2D eigenvalue weighted by atomic mass is 9.70. The molecule has 0 aliphatic carbocycles. The molecule has 2 rings (SSSR count). The van der Waals surface area contributed by atoms with Crippen molar-refractivity contribution < 1.29 is 13.2 Å². The molecular formula is C21H26F3N. The van der Waals surface area contributed by atoms with Gasteiger partial charge in [-0.1, -0.05) is 34.6 Å². The highest BCUT2D eigenvalue weighted by atomic mass is 19.1. The fraction of sp³-hybridized carbons (Fsp3) is 0.476. The van der Waals surface area contributed by atoms with Gasteiger partial charge in [-0.25, -0.2) is 13.2 Å². The number of halogens is 3. The maximum Gasteiger partial charge on any atom is 0.141 e. The summed E-state index contributed by atoms with van der Waals surface area (Å²) in [7, 11) is 0. The molecule has 1 aromatic heterocycles. The van der Waals surface area contributed by atoms with E-state index in [9.17, 15) is 13.2 Å². The SMILES string of the molecule is CC(C)(CCC(c1cc(F)cc(F)c1)C(C)(C)C)c1cncc(F)c1. The summed E-state index contributed by atoms with van der Waals surface area (Å²) in [6.07, 6.45) is 4.35. The first kappa shape index (κ1) is 19.5. The summed E-state index contributed by atoms with van der Waals surface area (Å²) < 4.78 is 40.8. The zero-order valence-electron chi connectivity index (χ0n) is 15.5.